The minimum absolute atomic E-state index is 0.0896. The standard InChI is InChI=1S/C20H18F3N3O3S/c21-14-3-6-16(7-4-14)30(28,29)26-9-1-2-13(12-26)20(27)25-19(11-24)17-8-5-15(22)10-18(17)23/h3-8,10,13,19H,1-2,9,12H2,(H,25,27). The lowest BCUT2D eigenvalue weighted by Crippen LogP contribution is -2.46. The smallest absolute Gasteiger partial charge is 0.243 e. The molecule has 1 N–H and O–H groups in total. The summed E-state index contributed by atoms with van der Waals surface area (Å²) in [6.45, 7) is 0.0628. The van der Waals surface area contributed by atoms with Crippen molar-refractivity contribution in [1.82, 2.24) is 9.62 Å². The second-order valence-electron chi connectivity index (χ2n) is 6.89. The monoisotopic (exact) mass is 437 g/mol. The van der Waals surface area contributed by atoms with E-state index in [4.69, 9.17) is 0 Å². The summed E-state index contributed by atoms with van der Waals surface area (Å²) in [4.78, 5) is 12.6. The van der Waals surface area contributed by atoms with E-state index >= 15 is 0 Å². The van der Waals surface area contributed by atoms with Gasteiger partial charge in [-0.1, -0.05) is 6.07 Å². The zero-order valence-electron chi connectivity index (χ0n) is 15.7. The Balaban J connectivity index is 1.73. The normalized spacial score (nSPS) is 18.4. The molecule has 1 saturated heterocycles. The maximum absolute atomic E-state index is 14.0. The van der Waals surface area contributed by atoms with E-state index in [0.29, 0.717) is 18.9 Å². The SMILES string of the molecule is N#CC(NC(=O)C1CCCN(S(=O)(=O)c2ccc(F)cc2)C1)c1ccc(F)cc1F. The van der Waals surface area contributed by atoms with Crippen LogP contribution in [0, 0.1) is 34.7 Å². The number of hydrogen-bond donors (Lipinski definition) is 1. The number of amides is 1. The van der Waals surface area contributed by atoms with Gasteiger partial charge in [0.25, 0.3) is 0 Å². The number of rotatable bonds is 5. The summed E-state index contributed by atoms with van der Waals surface area (Å²) in [5.41, 5.74) is -0.182. The zero-order valence-corrected chi connectivity index (χ0v) is 16.5. The summed E-state index contributed by atoms with van der Waals surface area (Å²) in [6, 6.07) is 7.46. The fourth-order valence-electron chi connectivity index (χ4n) is 3.31. The van der Waals surface area contributed by atoms with Gasteiger partial charge in [-0.15, -0.1) is 0 Å². The molecule has 0 saturated carbocycles. The Labute approximate surface area is 172 Å². The number of nitriles is 1. The van der Waals surface area contributed by atoms with Crippen LogP contribution in [0.15, 0.2) is 47.4 Å². The minimum atomic E-state index is -3.92. The number of piperidine rings is 1. The third kappa shape index (κ3) is 4.63. The Morgan fingerprint density at radius 1 is 1.13 bits per heavy atom. The second-order valence-corrected chi connectivity index (χ2v) is 8.83. The van der Waals surface area contributed by atoms with E-state index in [-0.39, 0.29) is 23.5 Å². The van der Waals surface area contributed by atoms with Crippen molar-refractivity contribution in [1.29, 1.82) is 5.26 Å². The highest BCUT2D eigenvalue weighted by molar-refractivity contribution is 7.89. The first kappa shape index (κ1) is 21.8. The number of benzene rings is 2. The largest absolute Gasteiger partial charge is 0.336 e. The van der Waals surface area contributed by atoms with Crippen molar-refractivity contribution >= 4 is 15.9 Å². The molecule has 3 rings (SSSR count). The van der Waals surface area contributed by atoms with Gasteiger partial charge in [0.15, 0.2) is 0 Å². The van der Waals surface area contributed by atoms with Crippen molar-refractivity contribution in [2.75, 3.05) is 13.1 Å². The van der Waals surface area contributed by atoms with Crippen LogP contribution < -0.4 is 5.32 Å². The van der Waals surface area contributed by atoms with Gasteiger partial charge in [0.05, 0.1) is 16.9 Å². The van der Waals surface area contributed by atoms with E-state index in [1.54, 1.807) is 6.07 Å². The van der Waals surface area contributed by atoms with E-state index < -0.39 is 45.3 Å². The van der Waals surface area contributed by atoms with Crippen LogP contribution in [0.3, 0.4) is 0 Å². The fourth-order valence-corrected chi connectivity index (χ4v) is 4.83. The van der Waals surface area contributed by atoms with Crippen LogP contribution >= 0.6 is 0 Å². The van der Waals surface area contributed by atoms with Crippen molar-refractivity contribution < 1.29 is 26.4 Å². The maximum atomic E-state index is 14.0. The molecule has 10 heteroatoms. The molecule has 2 aromatic carbocycles. The average Bonchev–Trinajstić information content (AvgIpc) is 2.72. The number of nitrogens with one attached hydrogen (secondary N) is 1. The van der Waals surface area contributed by atoms with Gasteiger partial charge in [-0.05, 0) is 43.2 Å². The highest BCUT2D eigenvalue weighted by Crippen LogP contribution is 2.25. The molecule has 0 aromatic heterocycles. The number of halogens is 3. The van der Waals surface area contributed by atoms with Gasteiger partial charge in [0, 0.05) is 24.7 Å². The van der Waals surface area contributed by atoms with Crippen molar-refractivity contribution in [3.05, 3.63) is 65.5 Å². The van der Waals surface area contributed by atoms with E-state index in [0.717, 1.165) is 40.7 Å². The Bertz CT molecular complexity index is 1080. The van der Waals surface area contributed by atoms with Gasteiger partial charge < -0.3 is 5.32 Å². The van der Waals surface area contributed by atoms with E-state index in [2.05, 4.69) is 5.32 Å². The first-order chi connectivity index (χ1) is 14.2. The number of nitrogens with zero attached hydrogens (tertiary/aromatic N) is 2. The third-order valence-electron chi connectivity index (χ3n) is 4.90. The fraction of sp³-hybridized carbons (Fsp3) is 0.300. The molecule has 0 spiro atoms. The number of carbonyl (C=O) groups excluding carboxylic acids is 1. The molecule has 0 aliphatic carbocycles. The van der Waals surface area contributed by atoms with Crippen molar-refractivity contribution in [3.8, 4) is 6.07 Å². The molecular weight excluding hydrogens is 419 g/mol. The summed E-state index contributed by atoms with van der Waals surface area (Å²) in [5, 5.41) is 11.7. The maximum Gasteiger partial charge on any atom is 0.243 e. The lowest BCUT2D eigenvalue weighted by Gasteiger charge is -2.31. The number of carbonyl (C=O) groups is 1. The Morgan fingerprint density at radius 2 is 1.80 bits per heavy atom. The first-order valence-corrected chi connectivity index (χ1v) is 10.6. The van der Waals surface area contributed by atoms with Crippen LogP contribution in [-0.4, -0.2) is 31.7 Å². The summed E-state index contributed by atoms with van der Waals surface area (Å²) < 4.78 is 66.8. The summed E-state index contributed by atoms with van der Waals surface area (Å²) in [7, 11) is -3.92. The molecule has 1 amide bonds. The van der Waals surface area contributed by atoms with Crippen LogP contribution in [-0.2, 0) is 14.8 Å². The Morgan fingerprint density at radius 3 is 2.43 bits per heavy atom. The molecular formula is C20H18F3N3O3S. The van der Waals surface area contributed by atoms with Gasteiger partial charge in [0.1, 0.15) is 23.5 Å². The zero-order chi connectivity index (χ0) is 21.9. The van der Waals surface area contributed by atoms with Gasteiger partial charge in [-0.3, -0.25) is 4.79 Å². The highest BCUT2D eigenvalue weighted by atomic mass is 32.2. The van der Waals surface area contributed by atoms with Gasteiger partial charge in [-0.2, -0.15) is 9.57 Å². The van der Waals surface area contributed by atoms with Crippen LogP contribution in [0.1, 0.15) is 24.4 Å². The topological polar surface area (TPSA) is 90.3 Å². The molecule has 2 aromatic rings. The van der Waals surface area contributed by atoms with Crippen LogP contribution in [0.4, 0.5) is 13.2 Å². The minimum Gasteiger partial charge on any atom is -0.336 e. The molecule has 1 aliphatic heterocycles. The van der Waals surface area contributed by atoms with Crippen LogP contribution in [0.5, 0.6) is 0 Å². The van der Waals surface area contributed by atoms with Crippen molar-refractivity contribution in [3.63, 3.8) is 0 Å². The molecule has 158 valence electrons. The van der Waals surface area contributed by atoms with E-state index in [1.807, 2.05) is 0 Å². The molecule has 1 aliphatic rings. The van der Waals surface area contributed by atoms with Gasteiger partial charge in [-0.25, -0.2) is 21.6 Å². The summed E-state index contributed by atoms with van der Waals surface area (Å²) in [6.07, 6.45) is 0.784. The van der Waals surface area contributed by atoms with E-state index in [9.17, 15) is 31.6 Å². The Kier molecular flexibility index (Phi) is 6.43. The van der Waals surface area contributed by atoms with Gasteiger partial charge in [0.2, 0.25) is 15.9 Å². The molecule has 2 unspecified atom stereocenters. The lowest BCUT2D eigenvalue weighted by molar-refractivity contribution is -0.126. The van der Waals surface area contributed by atoms with Gasteiger partial charge >= 0.3 is 0 Å². The summed E-state index contributed by atoms with van der Waals surface area (Å²) in [5.74, 6) is -3.71. The van der Waals surface area contributed by atoms with Crippen LogP contribution in [0.25, 0.3) is 0 Å². The molecule has 30 heavy (non-hydrogen) atoms. The van der Waals surface area contributed by atoms with Crippen molar-refractivity contribution in [2.24, 2.45) is 5.92 Å². The number of hydrogen-bond acceptors (Lipinski definition) is 4. The molecule has 0 radical (unpaired) electrons. The van der Waals surface area contributed by atoms with E-state index in [1.165, 1.54) is 0 Å². The van der Waals surface area contributed by atoms with Crippen LogP contribution in [0.2, 0.25) is 0 Å². The quantitative estimate of drug-likeness (QED) is 0.779. The van der Waals surface area contributed by atoms with Crippen molar-refractivity contribution in [2.45, 2.75) is 23.8 Å². The molecule has 1 heterocycles. The lowest BCUT2D eigenvalue weighted by atomic mass is 9.97. The summed E-state index contributed by atoms with van der Waals surface area (Å²) >= 11 is 0. The molecule has 0 bridgehead atoms. The average molecular weight is 437 g/mol. The predicted octanol–water partition coefficient (Wildman–Crippen LogP) is 2.89. The molecule has 2 atom stereocenters. The number of sulfonamides is 1. The Hall–Kier alpha value is -2.90. The third-order valence-corrected chi connectivity index (χ3v) is 6.77. The molecule has 6 nitrogen and oxygen atoms in total. The highest BCUT2D eigenvalue weighted by Gasteiger charge is 2.34. The molecule has 1 fully saturated rings. The predicted molar refractivity (Wildman–Crippen MR) is 101 cm³/mol. The first-order valence-electron chi connectivity index (χ1n) is 9.13. The second kappa shape index (κ2) is 8.85.